The van der Waals surface area contributed by atoms with Crippen LogP contribution >= 0.6 is 0 Å². The Hall–Kier alpha value is -4.37. The topological polar surface area (TPSA) is 93.5 Å². The number of esters is 1. The fourth-order valence-electron chi connectivity index (χ4n) is 4.65. The molecule has 0 radical (unpaired) electrons. The SMILES string of the molecule is CCc1cccc(CNCC[C@H](Cc2cc(F)cc(F)c2)NC(=O)c2cccc(-c3ncc(CCC(=O)OC)o3)c2)c1. The number of nitrogens with one attached hydrogen (secondary N) is 2. The van der Waals surface area contributed by atoms with Gasteiger partial charge < -0.3 is 19.8 Å². The number of rotatable bonds is 14. The highest BCUT2D eigenvalue weighted by Gasteiger charge is 2.17. The number of nitrogens with zero attached hydrogens (tertiary/aromatic N) is 1. The Morgan fingerprint density at radius 3 is 2.50 bits per heavy atom. The molecule has 0 aliphatic rings. The van der Waals surface area contributed by atoms with E-state index in [0.29, 0.717) is 54.3 Å². The van der Waals surface area contributed by atoms with E-state index in [4.69, 9.17) is 4.42 Å². The molecule has 1 heterocycles. The molecular weight excluding hydrogens is 540 g/mol. The molecule has 0 bridgehead atoms. The number of hydrogen-bond donors (Lipinski definition) is 2. The van der Waals surface area contributed by atoms with Crippen molar-refractivity contribution in [3.05, 3.63) is 113 Å². The highest BCUT2D eigenvalue weighted by Crippen LogP contribution is 2.22. The molecule has 3 aromatic carbocycles. The van der Waals surface area contributed by atoms with Gasteiger partial charge in [-0.1, -0.05) is 37.3 Å². The van der Waals surface area contributed by atoms with E-state index in [1.165, 1.54) is 30.4 Å². The van der Waals surface area contributed by atoms with Crippen LogP contribution in [0, 0.1) is 11.6 Å². The molecule has 0 aliphatic carbocycles. The molecule has 220 valence electrons. The summed E-state index contributed by atoms with van der Waals surface area (Å²) in [6, 6.07) is 18.2. The molecule has 4 aromatic rings. The Balaban J connectivity index is 1.43. The van der Waals surface area contributed by atoms with E-state index in [-0.39, 0.29) is 30.8 Å². The van der Waals surface area contributed by atoms with Gasteiger partial charge >= 0.3 is 5.97 Å². The largest absolute Gasteiger partial charge is 0.469 e. The lowest BCUT2D eigenvalue weighted by Gasteiger charge is -2.20. The average molecular weight is 576 g/mol. The maximum Gasteiger partial charge on any atom is 0.305 e. The number of aromatic nitrogens is 1. The number of ether oxygens (including phenoxy) is 1. The molecule has 0 aliphatic heterocycles. The van der Waals surface area contributed by atoms with Gasteiger partial charge in [0, 0.05) is 36.2 Å². The van der Waals surface area contributed by atoms with Gasteiger partial charge in [-0.05, 0) is 72.8 Å². The first-order valence-corrected chi connectivity index (χ1v) is 14.0. The van der Waals surface area contributed by atoms with Crippen LogP contribution in [0.25, 0.3) is 11.5 Å². The van der Waals surface area contributed by atoms with E-state index in [2.05, 4.69) is 45.5 Å². The lowest BCUT2D eigenvalue weighted by molar-refractivity contribution is -0.140. The zero-order chi connectivity index (χ0) is 29.9. The summed E-state index contributed by atoms with van der Waals surface area (Å²) in [5.74, 6) is -1.13. The van der Waals surface area contributed by atoms with E-state index < -0.39 is 11.6 Å². The Labute approximate surface area is 244 Å². The maximum absolute atomic E-state index is 13.9. The van der Waals surface area contributed by atoms with Gasteiger partial charge in [-0.3, -0.25) is 9.59 Å². The Kier molecular flexibility index (Phi) is 10.9. The smallest absolute Gasteiger partial charge is 0.305 e. The Bertz CT molecular complexity index is 1480. The molecule has 0 saturated carbocycles. The van der Waals surface area contributed by atoms with E-state index in [9.17, 15) is 18.4 Å². The number of carbonyl (C=O) groups excluding carboxylic acids is 2. The molecule has 0 spiro atoms. The fraction of sp³-hybridized carbons (Fsp3) is 0.303. The highest BCUT2D eigenvalue weighted by molar-refractivity contribution is 5.95. The lowest BCUT2D eigenvalue weighted by Crippen LogP contribution is -2.38. The van der Waals surface area contributed by atoms with Gasteiger partial charge in [-0.15, -0.1) is 0 Å². The third-order valence-corrected chi connectivity index (χ3v) is 6.87. The minimum Gasteiger partial charge on any atom is -0.469 e. The van der Waals surface area contributed by atoms with Crippen LogP contribution in [-0.2, 0) is 35.3 Å². The molecular formula is C33H35F2N3O4. The van der Waals surface area contributed by atoms with Crippen molar-refractivity contribution in [2.24, 2.45) is 0 Å². The molecule has 42 heavy (non-hydrogen) atoms. The molecule has 0 unspecified atom stereocenters. The average Bonchev–Trinajstić information content (AvgIpc) is 3.47. The van der Waals surface area contributed by atoms with Crippen molar-refractivity contribution < 1.29 is 27.5 Å². The first kappa shape index (κ1) is 30.6. The number of oxazole rings is 1. The van der Waals surface area contributed by atoms with E-state index in [0.717, 1.165) is 12.5 Å². The zero-order valence-corrected chi connectivity index (χ0v) is 23.8. The molecule has 0 saturated heterocycles. The molecule has 1 aromatic heterocycles. The minimum absolute atomic E-state index is 0.171. The van der Waals surface area contributed by atoms with E-state index in [1.54, 1.807) is 30.5 Å². The van der Waals surface area contributed by atoms with Gasteiger partial charge in [0.15, 0.2) is 0 Å². The molecule has 2 N–H and O–H groups in total. The summed E-state index contributed by atoms with van der Waals surface area (Å²) >= 11 is 0. The third kappa shape index (κ3) is 9.07. The van der Waals surface area contributed by atoms with Gasteiger partial charge in [-0.2, -0.15) is 0 Å². The van der Waals surface area contributed by atoms with Gasteiger partial charge in [-0.25, -0.2) is 13.8 Å². The molecule has 4 rings (SSSR count). The van der Waals surface area contributed by atoms with Crippen LogP contribution in [0.4, 0.5) is 8.78 Å². The first-order chi connectivity index (χ1) is 20.3. The van der Waals surface area contributed by atoms with Crippen molar-refractivity contribution in [2.75, 3.05) is 13.7 Å². The molecule has 0 fully saturated rings. The van der Waals surface area contributed by atoms with Crippen LogP contribution in [-0.4, -0.2) is 36.6 Å². The van der Waals surface area contributed by atoms with Crippen LogP contribution in [0.3, 0.4) is 0 Å². The summed E-state index contributed by atoms with van der Waals surface area (Å²) in [6.45, 7) is 3.37. The molecule has 1 atom stereocenters. The van der Waals surface area contributed by atoms with Gasteiger partial charge in [0.1, 0.15) is 17.4 Å². The summed E-state index contributed by atoms with van der Waals surface area (Å²) in [5.41, 5.74) is 3.88. The van der Waals surface area contributed by atoms with Crippen LogP contribution in [0.15, 0.2) is 77.3 Å². The minimum atomic E-state index is -0.659. The second-order valence-electron chi connectivity index (χ2n) is 10.1. The number of aryl methyl sites for hydroxylation is 2. The van der Waals surface area contributed by atoms with Crippen molar-refractivity contribution in [2.45, 2.75) is 51.6 Å². The summed E-state index contributed by atoms with van der Waals surface area (Å²) in [7, 11) is 1.33. The highest BCUT2D eigenvalue weighted by atomic mass is 19.1. The lowest BCUT2D eigenvalue weighted by atomic mass is 10.0. The van der Waals surface area contributed by atoms with Crippen LogP contribution in [0.5, 0.6) is 0 Å². The molecule has 7 nitrogen and oxygen atoms in total. The van der Waals surface area contributed by atoms with E-state index >= 15 is 0 Å². The zero-order valence-electron chi connectivity index (χ0n) is 23.8. The summed E-state index contributed by atoms with van der Waals surface area (Å²) in [6.07, 6.45) is 3.83. The second-order valence-corrected chi connectivity index (χ2v) is 10.1. The standard InChI is InChI=1S/C33H35F2N3O4/c1-3-22-6-4-7-23(14-22)20-36-13-12-29(17-24-15-27(34)19-28(35)16-24)38-32(40)25-8-5-9-26(18-25)33-37-21-30(42-33)10-11-31(39)41-2/h4-9,14-16,18-19,21,29,36H,3,10-13,17,20H2,1-2H3,(H,38,40)/t29-/m1/s1. The second kappa shape index (κ2) is 15.0. The normalized spacial score (nSPS) is 11.7. The van der Waals surface area contributed by atoms with Crippen LogP contribution < -0.4 is 10.6 Å². The quantitative estimate of drug-likeness (QED) is 0.146. The summed E-state index contributed by atoms with van der Waals surface area (Å²) < 4.78 is 38.2. The maximum atomic E-state index is 13.9. The number of hydrogen-bond acceptors (Lipinski definition) is 6. The van der Waals surface area contributed by atoms with Crippen molar-refractivity contribution in [1.29, 1.82) is 0 Å². The fourth-order valence-corrected chi connectivity index (χ4v) is 4.65. The predicted molar refractivity (Wildman–Crippen MR) is 156 cm³/mol. The summed E-state index contributed by atoms with van der Waals surface area (Å²) in [4.78, 5) is 29.0. The van der Waals surface area contributed by atoms with Crippen LogP contribution in [0.2, 0.25) is 0 Å². The van der Waals surface area contributed by atoms with Crippen molar-refractivity contribution in [3.63, 3.8) is 0 Å². The third-order valence-electron chi connectivity index (χ3n) is 6.87. The number of carbonyl (C=O) groups is 2. The Morgan fingerprint density at radius 1 is 0.976 bits per heavy atom. The number of halogens is 2. The predicted octanol–water partition coefficient (Wildman–Crippen LogP) is 5.81. The summed E-state index contributed by atoms with van der Waals surface area (Å²) in [5, 5.41) is 6.44. The van der Waals surface area contributed by atoms with Crippen molar-refractivity contribution in [3.8, 4) is 11.5 Å². The van der Waals surface area contributed by atoms with Gasteiger partial charge in [0.2, 0.25) is 5.89 Å². The van der Waals surface area contributed by atoms with E-state index in [1.807, 2.05) is 6.07 Å². The van der Waals surface area contributed by atoms with Crippen molar-refractivity contribution >= 4 is 11.9 Å². The molecule has 9 heteroatoms. The first-order valence-electron chi connectivity index (χ1n) is 14.0. The number of benzene rings is 3. The van der Waals surface area contributed by atoms with Crippen molar-refractivity contribution in [1.82, 2.24) is 15.6 Å². The van der Waals surface area contributed by atoms with Gasteiger partial charge in [0.05, 0.1) is 19.7 Å². The van der Waals surface area contributed by atoms with Crippen LogP contribution in [0.1, 0.15) is 52.6 Å². The Morgan fingerprint density at radius 2 is 1.74 bits per heavy atom. The number of amides is 1. The number of methoxy groups -OCH3 is 1. The van der Waals surface area contributed by atoms with Gasteiger partial charge in [0.25, 0.3) is 5.91 Å². The monoisotopic (exact) mass is 575 g/mol. The molecule has 1 amide bonds.